The van der Waals surface area contributed by atoms with Gasteiger partial charge in [-0.25, -0.2) is 8.78 Å². The van der Waals surface area contributed by atoms with Gasteiger partial charge in [-0.2, -0.15) is 0 Å². The quantitative estimate of drug-likeness (QED) is 0.678. The van der Waals surface area contributed by atoms with E-state index in [1.165, 1.54) is 11.6 Å². The van der Waals surface area contributed by atoms with E-state index in [0.717, 1.165) is 23.9 Å². The van der Waals surface area contributed by atoms with Gasteiger partial charge < -0.3 is 5.32 Å². The van der Waals surface area contributed by atoms with Crippen molar-refractivity contribution in [1.29, 1.82) is 0 Å². The molecule has 1 aliphatic carbocycles. The number of anilines is 1. The van der Waals surface area contributed by atoms with Crippen LogP contribution in [0.15, 0.2) is 40.9 Å². The molecule has 0 radical (unpaired) electrons. The van der Waals surface area contributed by atoms with Crippen molar-refractivity contribution in [3.05, 3.63) is 63.1 Å². The van der Waals surface area contributed by atoms with E-state index in [-0.39, 0.29) is 10.5 Å². The van der Waals surface area contributed by atoms with E-state index in [1.807, 2.05) is 18.2 Å². The van der Waals surface area contributed by atoms with Crippen molar-refractivity contribution in [1.82, 2.24) is 0 Å². The highest BCUT2D eigenvalue weighted by Crippen LogP contribution is 2.39. The van der Waals surface area contributed by atoms with E-state index in [2.05, 4.69) is 27.3 Å². The van der Waals surface area contributed by atoms with Crippen LogP contribution in [-0.4, -0.2) is 6.04 Å². The van der Waals surface area contributed by atoms with Crippen molar-refractivity contribution in [3.8, 4) is 0 Å². The molecule has 21 heavy (non-hydrogen) atoms. The number of hydrogen-bond donors (Lipinski definition) is 1. The molecule has 1 nitrogen and oxygen atoms in total. The van der Waals surface area contributed by atoms with E-state index in [0.29, 0.717) is 11.6 Å². The Morgan fingerprint density at radius 1 is 1.10 bits per heavy atom. The molecule has 0 atom stereocenters. The zero-order valence-electron chi connectivity index (χ0n) is 11.0. The molecule has 3 rings (SSSR count). The van der Waals surface area contributed by atoms with Crippen molar-refractivity contribution < 1.29 is 8.78 Å². The molecule has 0 aliphatic heterocycles. The van der Waals surface area contributed by atoms with Gasteiger partial charge in [-0.15, -0.1) is 0 Å². The van der Waals surface area contributed by atoms with Crippen molar-refractivity contribution in [3.63, 3.8) is 0 Å². The van der Waals surface area contributed by atoms with Gasteiger partial charge in [0.05, 0.1) is 10.2 Å². The lowest BCUT2D eigenvalue weighted by Crippen LogP contribution is -2.34. The smallest absolute Gasteiger partial charge is 0.149 e. The highest BCUT2D eigenvalue weighted by atomic mass is 79.9. The van der Waals surface area contributed by atoms with Gasteiger partial charge in [0.1, 0.15) is 11.6 Å². The first-order chi connectivity index (χ1) is 10.0. The highest BCUT2D eigenvalue weighted by molar-refractivity contribution is 9.10. The Bertz CT molecular complexity index is 671. The molecule has 1 N–H and O–H groups in total. The molecule has 0 saturated heterocycles. The first-order valence-corrected chi connectivity index (χ1v) is 7.86. The molecule has 0 bridgehead atoms. The van der Waals surface area contributed by atoms with E-state index < -0.39 is 11.6 Å². The molecule has 0 heterocycles. The van der Waals surface area contributed by atoms with Gasteiger partial charge in [-0.1, -0.05) is 23.7 Å². The SMILES string of the molecule is Fc1cc(F)c(NC2CC(c3cccc(Cl)c3)C2)cc1Br. The maximum Gasteiger partial charge on any atom is 0.149 e. The number of rotatable bonds is 3. The standard InChI is InChI=1S/C16H13BrClF2N/c17-13-7-16(15(20)8-14(13)19)21-12-5-10(6-12)9-2-1-3-11(18)4-9/h1-4,7-8,10,12,21H,5-6H2. The number of nitrogens with one attached hydrogen (secondary N) is 1. The van der Waals surface area contributed by atoms with Crippen LogP contribution in [-0.2, 0) is 0 Å². The number of hydrogen-bond acceptors (Lipinski definition) is 1. The Balaban J connectivity index is 1.64. The summed E-state index contributed by atoms with van der Waals surface area (Å²) in [5.74, 6) is -0.724. The minimum absolute atomic E-state index is 0.195. The third-order valence-corrected chi connectivity index (χ3v) is 4.67. The first-order valence-electron chi connectivity index (χ1n) is 6.69. The predicted octanol–water partition coefficient (Wildman–Crippen LogP) is 5.74. The van der Waals surface area contributed by atoms with Gasteiger partial charge in [-0.05, 0) is 58.5 Å². The lowest BCUT2D eigenvalue weighted by Gasteiger charge is -2.37. The van der Waals surface area contributed by atoms with Crippen LogP contribution in [0, 0.1) is 11.6 Å². The maximum absolute atomic E-state index is 13.7. The second kappa shape index (κ2) is 5.93. The van der Waals surface area contributed by atoms with Gasteiger partial charge in [0.2, 0.25) is 0 Å². The average molecular weight is 373 g/mol. The molecule has 0 unspecified atom stereocenters. The summed E-state index contributed by atoms with van der Waals surface area (Å²) in [7, 11) is 0. The van der Waals surface area contributed by atoms with E-state index >= 15 is 0 Å². The summed E-state index contributed by atoms with van der Waals surface area (Å²) in [6, 6.07) is 10.3. The van der Waals surface area contributed by atoms with Crippen molar-refractivity contribution >= 4 is 33.2 Å². The summed E-state index contributed by atoms with van der Waals surface area (Å²) in [5.41, 5.74) is 1.54. The molecule has 2 aromatic rings. The summed E-state index contributed by atoms with van der Waals surface area (Å²) >= 11 is 9.05. The average Bonchev–Trinajstić information content (AvgIpc) is 2.39. The summed E-state index contributed by atoms with van der Waals surface area (Å²) in [6.45, 7) is 0. The van der Waals surface area contributed by atoms with Crippen molar-refractivity contribution in [2.24, 2.45) is 0 Å². The van der Waals surface area contributed by atoms with E-state index in [1.54, 1.807) is 0 Å². The van der Waals surface area contributed by atoms with E-state index in [4.69, 9.17) is 11.6 Å². The molecule has 5 heteroatoms. The van der Waals surface area contributed by atoms with Gasteiger partial charge in [-0.3, -0.25) is 0 Å². The Labute approximate surface area is 135 Å². The lowest BCUT2D eigenvalue weighted by atomic mass is 9.76. The third-order valence-electron chi connectivity index (χ3n) is 3.83. The summed E-state index contributed by atoms with van der Waals surface area (Å²) in [6.07, 6.45) is 1.82. The third kappa shape index (κ3) is 3.22. The largest absolute Gasteiger partial charge is 0.380 e. The molecule has 0 amide bonds. The normalized spacial score (nSPS) is 21.0. The highest BCUT2D eigenvalue weighted by Gasteiger charge is 2.30. The van der Waals surface area contributed by atoms with Crippen LogP contribution in [0.1, 0.15) is 24.3 Å². The van der Waals surface area contributed by atoms with Gasteiger partial charge in [0.15, 0.2) is 0 Å². The fourth-order valence-corrected chi connectivity index (χ4v) is 3.16. The lowest BCUT2D eigenvalue weighted by molar-refractivity contribution is 0.373. The summed E-state index contributed by atoms with van der Waals surface area (Å²) in [5, 5.41) is 3.86. The fourth-order valence-electron chi connectivity index (χ4n) is 2.62. The Hall–Kier alpha value is -1.13. The maximum atomic E-state index is 13.7. The fraction of sp³-hybridized carbons (Fsp3) is 0.250. The van der Waals surface area contributed by atoms with Crippen LogP contribution >= 0.6 is 27.5 Å². The molecule has 0 aromatic heterocycles. The van der Waals surface area contributed by atoms with E-state index in [9.17, 15) is 8.78 Å². The van der Waals surface area contributed by atoms with Crippen LogP contribution < -0.4 is 5.32 Å². The molecule has 1 saturated carbocycles. The molecule has 1 fully saturated rings. The number of halogens is 4. The predicted molar refractivity (Wildman–Crippen MR) is 84.9 cm³/mol. The number of benzene rings is 2. The van der Waals surface area contributed by atoms with Gasteiger partial charge >= 0.3 is 0 Å². The molecule has 0 spiro atoms. The molecular weight excluding hydrogens is 360 g/mol. The van der Waals surface area contributed by atoms with Gasteiger partial charge in [0, 0.05) is 17.1 Å². The second-order valence-electron chi connectivity index (χ2n) is 5.31. The van der Waals surface area contributed by atoms with Crippen LogP contribution in [0.3, 0.4) is 0 Å². The van der Waals surface area contributed by atoms with Crippen LogP contribution in [0.25, 0.3) is 0 Å². The minimum atomic E-state index is -0.594. The molecule has 2 aromatic carbocycles. The molecule has 1 aliphatic rings. The summed E-state index contributed by atoms with van der Waals surface area (Å²) in [4.78, 5) is 0. The monoisotopic (exact) mass is 371 g/mol. The topological polar surface area (TPSA) is 12.0 Å². The summed E-state index contributed by atoms with van der Waals surface area (Å²) < 4.78 is 27.1. The first kappa shape index (κ1) is 14.8. The van der Waals surface area contributed by atoms with Gasteiger partial charge in [0.25, 0.3) is 0 Å². The Morgan fingerprint density at radius 3 is 2.57 bits per heavy atom. The van der Waals surface area contributed by atoms with Crippen LogP contribution in [0.4, 0.5) is 14.5 Å². The molecule has 110 valence electrons. The second-order valence-corrected chi connectivity index (χ2v) is 6.60. The zero-order valence-corrected chi connectivity index (χ0v) is 13.4. The van der Waals surface area contributed by atoms with Crippen molar-refractivity contribution in [2.45, 2.75) is 24.8 Å². The zero-order chi connectivity index (χ0) is 15.0. The minimum Gasteiger partial charge on any atom is -0.380 e. The molecular formula is C16H13BrClF2N. The Kier molecular flexibility index (Phi) is 4.18. The Morgan fingerprint density at radius 2 is 1.86 bits per heavy atom. The van der Waals surface area contributed by atoms with Crippen LogP contribution in [0.5, 0.6) is 0 Å². The van der Waals surface area contributed by atoms with Crippen molar-refractivity contribution in [2.75, 3.05) is 5.32 Å². The van der Waals surface area contributed by atoms with Crippen LogP contribution in [0.2, 0.25) is 5.02 Å².